The van der Waals surface area contributed by atoms with Gasteiger partial charge >= 0.3 is 0 Å². The van der Waals surface area contributed by atoms with E-state index in [1.54, 1.807) is 0 Å². The van der Waals surface area contributed by atoms with Crippen LogP contribution in [0.2, 0.25) is 0 Å². The lowest BCUT2D eigenvalue weighted by Crippen LogP contribution is -1.81. The molecule has 6 heavy (non-hydrogen) atoms. The van der Waals surface area contributed by atoms with E-state index in [1.807, 2.05) is 16.5 Å². The smallest absolute Gasteiger partial charge is 0.291 e. The first kappa shape index (κ1) is 9.19. The first-order valence-electron chi connectivity index (χ1n) is 0.898. The predicted molar refractivity (Wildman–Crippen MR) is 18.7 cm³/mol. The molecule has 0 saturated carbocycles. The number of nitrogens with zero attached hydrogens (tertiary/aromatic N) is 1. The fourth-order valence-corrected chi connectivity index (χ4v) is 0. The number of hydrogen-bond acceptors (Lipinski definition) is 3. The fourth-order valence-electron chi connectivity index (χ4n) is 0. The summed E-state index contributed by atoms with van der Waals surface area (Å²) in [6.07, 6.45) is 0. The SMILES string of the molecule is O=[N+]([O-])O.[NH2][Al]. The maximum absolute atomic E-state index is 8.36. The summed E-state index contributed by atoms with van der Waals surface area (Å²) in [5.41, 5.74) is 0. The second-order valence-electron chi connectivity index (χ2n) is 0.238. The molecule has 0 rings (SSSR count). The van der Waals surface area contributed by atoms with Gasteiger partial charge in [-0.25, -0.2) is 0 Å². The zero-order chi connectivity index (χ0) is 5.58. The van der Waals surface area contributed by atoms with Crippen LogP contribution in [0.5, 0.6) is 0 Å². The molecule has 0 atom stereocenters. The van der Waals surface area contributed by atoms with Crippen molar-refractivity contribution in [2.24, 2.45) is 4.72 Å². The van der Waals surface area contributed by atoms with Crippen molar-refractivity contribution in [3.63, 3.8) is 0 Å². The van der Waals surface area contributed by atoms with Gasteiger partial charge in [-0.05, 0) is 0 Å². The zero-order valence-electron chi connectivity index (χ0n) is 2.87. The molecule has 5 nitrogen and oxygen atoms in total. The molecular weight excluding hydrogens is 103 g/mol. The Kier molecular flexibility index (Phi) is 13.5. The van der Waals surface area contributed by atoms with E-state index in [0.29, 0.717) is 0 Å². The molecule has 0 fully saturated rings. The molecule has 0 aliphatic rings. The van der Waals surface area contributed by atoms with Crippen LogP contribution in [-0.4, -0.2) is 26.8 Å². The molecule has 3 N–H and O–H groups in total. The molecule has 0 saturated heterocycles. The maximum Gasteiger partial charge on any atom is 0.291 e. The molecule has 0 unspecified atom stereocenters. The number of rotatable bonds is 0. The predicted octanol–water partition coefficient (Wildman–Crippen LogP) is -1.32. The van der Waals surface area contributed by atoms with Gasteiger partial charge in [0.2, 0.25) is 16.5 Å². The average molecular weight is 106 g/mol. The fraction of sp³-hybridized carbons (Fsp3) is 0. The summed E-state index contributed by atoms with van der Waals surface area (Å²) in [6, 6.07) is 0. The average Bonchev–Trinajstić information content (AvgIpc) is 1.41. The summed E-state index contributed by atoms with van der Waals surface area (Å²) in [4.78, 5) is 8.36. The summed E-state index contributed by atoms with van der Waals surface area (Å²) >= 11 is 1.92. The first-order chi connectivity index (χ1) is 2.73. The molecule has 0 spiro atoms. The molecule has 0 aromatic heterocycles. The summed E-state index contributed by atoms with van der Waals surface area (Å²) < 4.78 is 4.42. The minimum absolute atomic E-state index is 1.50. The van der Waals surface area contributed by atoms with Gasteiger partial charge in [-0.3, -0.25) is 0 Å². The first-order valence-corrected chi connectivity index (χ1v) is 1.57. The van der Waals surface area contributed by atoms with Gasteiger partial charge in [0.25, 0.3) is 5.09 Å². The Bertz CT molecular complexity index is 31.8. The van der Waals surface area contributed by atoms with Gasteiger partial charge in [0, 0.05) is 0 Å². The van der Waals surface area contributed by atoms with Crippen LogP contribution in [0, 0.1) is 10.1 Å². The van der Waals surface area contributed by atoms with Crippen molar-refractivity contribution in [2.45, 2.75) is 0 Å². The van der Waals surface area contributed by atoms with Gasteiger partial charge in [-0.1, -0.05) is 0 Å². The Morgan fingerprint density at radius 1 is 1.83 bits per heavy atom. The van der Waals surface area contributed by atoms with Gasteiger partial charge in [-0.15, -0.1) is 10.1 Å². The number of hydrogen-bond donors (Lipinski definition) is 2. The van der Waals surface area contributed by atoms with Crippen LogP contribution >= 0.6 is 0 Å². The van der Waals surface area contributed by atoms with Crippen molar-refractivity contribution >= 4 is 16.5 Å². The van der Waals surface area contributed by atoms with Crippen molar-refractivity contribution in [3.05, 3.63) is 10.1 Å². The lowest BCUT2D eigenvalue weighted by atomic mass is 13.1. The molecule has 0 aromatic carbocycles. The number of nitrogens with two attached hydrogens (primary N) is 1. The molecule has 0 amide bonds. The van der Waals surface area contributed by atoms with Gasteiger partial charge in [-0.2, -0.15) is 0 Å². The van der Waals surface area contributed by atoms with E-state index in [1.165, 1.54) is 0 Å². The molecule has 6 heteroatoms. The Morgan fingerprint density at radius 3 is 1.83 bits per heavy atom. The topological polar surface area (TPSA) is 89.4 Å². The largest absolute Gasteiger partial charge is 0.428 e. The molecular formula is H3AlN2O3. The minimum Gasteiger partial charge on any atom is -0.428 e. The minimum atomic E-state index is -1.50. The van der Waals surface area contributed by atoms with Crippen LogP contribution in [0.25, 0.3) is 0 Å². The van der Waals surface area contributed by atoms with Gasteiger partial charge in [0.1, 0.15) is 0 Å². The highest BCUT2D eigenvalue weighted by Gasteiger charge is 1.65. The van der Waals surface area contributed by atoms with Crippen molar-refractivity contribution < 1.29 is 10.3 Å². The van der Waals surface area contributed by atoms with E-state index in [-0.39, 0.29) is 0 Å². The summed E-state index contributed by atoms with van der Waals surface area (Å²) in [7, 11) is 0. The summed E-state index contributed by atoms with van der Waals surface area (Å²) in [6.45, 7) is 0. The molecule has 2 radical (unpaired) electrons. The molecule has 34 valence electrons. The van der Waals surface area contributed by atoms with E-state index in [2.05, 4.69) is 4.72 Å². The van der Waals surface area contributed by atoms with E-state index < -0.39 is 5.09 Å². The Morgan fingerprint density at radius 2 is 1.83 bits per heavy atom. The van der Waals surface area contributed by atoms with Crippen molar-refractivity contribution in [1.82, 2.24) is 0 Å². The Labute approximate surface area is 42.5 Å². The standard InChI is InChI=1S/Al.HNO3.H2N/c;2-1(3)4;/h;(H,2,3,4);1H2/q+1;;-1. The molecule has 0 aliphatic carbocycles. The van der Waals surface area contributed by atoms with Crippen LogP contribution in [0.1, 0.15) is 0 Å². The zero-order valence-corrected chi connectivity index (χ0v) is 4.02. The van der Waals surface area contributed by atoms with Crippen LogP contribution in [0.4, 0.5) is 0 Å². The van der Waals surface area contributed by atoms with Crippen LogP contribution in [-0.2, 0) is 0 Å². The summed E-state index contributed by atoms with van der Waals surface area (Å²) in [5, 5.41) is 13.6. The van der Waals surface area contributed by atoms with Gasteiger partial charge < -0.3 is 9.92 Å². The lowest BCUT2D eigenvalue weighted by Gasteiger charge is -1.56. The van der Waals surface area contributed by atoms with Crippen molar-refractivity contribution in [1.29, 1.82) is 0 Å². The molecule has 0 aliphatic heterocycles. The third-order valence-corrected chi connectivity index (χ3v) is 0. The highest BCUT2D eigenvalue weighted by Crippen LogP contribution is 1.38. The van der Waals surface area contributed by atoms with Gasteiger partial charge in [0.15, 0.2) is 0 Å². The summed E-state index contributed by atoms with van der Waals surface area (Å²) in [5.74, 6) is 0. The molecule has 0 aromatic rings. The Balaban J connectivity index is 0. The molecule has 0 heterocycles. The highest BCUT2D eigenvalue weighted by molar-refractivity contribution is 6.02. The third kappa shape index (κ3) is 283. The second kappa shape index (κ2) is 8.83. The van der Waals surface area contributed by atoms with Crippen molar-refractivity contribution in [3.8, 4) is 0 Å². The van der Waals surface area contributed by atoms with E-state index in [9.17, 15) is 0 Å². The van der Waals surface area contributed by atoms with E-state index in [4.69, 9.17) is 15.3 Å². The van der Waals surface area contributed by atoms with Gasteiger partial charge in [0.05, 0.1) is 0 Å². The monoisotopic (exact) mass is 106 g/mol. The highest BCUT2D eigenvalue weighted by atomic mass is 27.1. The van der Waals surface area contributed by atoms with Crippen LogP contribution in [0.15, 0.2) is 0 Å². The normalized spacial score (nSPS) is 4.83. The van der Waals surface area contributed by atoms with E-state index in [0.717, 1.165) is 0 Å². The third-order valence-electron chi connectivity index (χ3n) is 0. The van der Waals surface area contributed by atoms with Crippen LogP contribution in [0.3, 0.4) is 0 Å². The van der Waals surface area contributed by atoms with Crippen LogP contribution < -0.4 is 4.72 Å². The quantitative estimate of drug-likeness (QED) is 0.227. The lowest BCUT2D eigenvalue weighted by molar-refractivity contribution is -0.742. The maximum atomic E-state index is 8.36. The van der Waals surface area contributed by atoms with Crippen molar-refractivity contribution in [2.75, 3.05) is 0 Å². The van der Waals surface area contributed by atoms with E-state index >= 15 is 0 Å². The second-order valence-corrected chi connectivity index (χ2v) is 0.238. The molecule has 0 bridgehead atoms. The Hall–Kier alpha value is -0.308.